The Bertz CT molecular complexity index is 544. The minimum atomic E-state index is -0.448. The molecule has 7 heteroatoms. The highest BCUT2D eigenvalue weighted by Gasteiger charge is 2.35. The Morgan fingerprint density at radius 3 is 2.27 bits per heavy atom. The molecule has 0 radical (unpaired) electrons. The van der Waals surface area contributed by atoms with E-state index in [0.29, 0.717) is 5.92 Å². The van der Waals surface area contributed by atoms with Crippen LogP contribution in [0.2, 0.25) is 0 Å². The normalized spacial score (nSPS) is 18.6. The summed E-state index contributed by atoms with van der Waals surface area (Å²) in [7, 11) is 1.86. The summed E-state index contributed by atoms with van der Waals surface area (Å²) in [5.74, 6) is 1.65. The highest BCUT2D eigenvalue weighted by Crippen LogP contribution is 2.32. The van der Waals surface area contributed by atoms with Crippen molar-refractivity contribution in [3.63, 3.8) is 0 Å². The maximum Gasteiger partial charge on any atom is 0.410 e. The van der Waals surface area contributed by atoms with Gasteiger partial charge < -0.3 is 24.8 Å². The lowest BCUT2D eigenvalue weighted by atomic mass is 10.0. The number of piperidine rings is 1. The van der Waals surface area contributed by atoms with Gasteiger partial charge >= 0.3 is 6.09 Å². The van der Waals surface area contributed by atoms with Crippen LogP contribution in [-0.4, -0.2) is 91.3 Å². The van der Waals surface area contributed by atoms with E-state index in [4.69, 9.17) is 4.74 Å². The van der Waals surface area contributed by atoms with Gasteiger partial charge in [0, 0.05) is 39.3 Å². The molecule has 0 unspecified atom stereocenters. The number of amides is 1. The second-order valence-electron chi connectivity index (χ2n) is 9.65. The molecule has 1 N–H and O–H groups in total. The van der Waals surface area contributed by atoms with Crippen LogP contribution >= 0.6 is 0 Å². The number of rotatable bonds is 9. The van der Waals surface area contributed by atoms with Crippen molar-refractivity contribution in [2.45, 2.75) is 78.4 Å². The van der Waals surface area contributed by atoms with Gasteiger partial charge in [-0.05, 0) is 78.4 Å². The molecular weight excluding hydrogens is 378 g/mol. The fourth-order valence-electron chi connectivity index (χ4n) is 4.04. The lowest BCUT2D eigenvalue weighted by Gasteiger charge is -2.40. The van der Waals surface area contributed by atoms with Crippen molar-refractivity contribution in [1.82, 2.24) is 20.0 Å². The minimum Gasteiger partial charge on any atom is -0.444 e. The first-order valence-corrected chi connectivity index (χ1v) is 11.9. The third-order valence-corrected chi connectivity index (χ3v) is 6.03. The molecule has 2 aliphatic rings. The molecule has 0 aromatic rings. The van der Waals surface area contributed by atoms with Crippen molar-refractivity contribution in [2.24, 2.45) is 10.9 Å². The molecule has 0 aromatic heterocycles. The molecule has 1 heterocycles. The van der Waals surface area contributed by atoms with Crippen molar-refractivity contribution in [1.29, 1.82) is 0 Å². The molecule has 1 amide bonds. The lowest BCUT2D eigenvalue weighted by Crippen LogP contribution is -2.52. The van der Waals surface area contributed by atoms with Crippen LogP contribution in [0.3, 0.4) is 0 Å². The molecule has 1 aliphatic carbocycles. The molecule has 0 atom stereocenters. The number of likely N-dealkylation sites (tertiary alicyclic amines) is 1. The number of aliphatic imine (C=N–C) groups is 1. The summed E-state index contributed by atoms with van der Waals surface area (Å²) in [4.78, 5) is 24.1. The number of hydrogen-bond acceptors (Lipinski definition) is 4. The summed E-state index contributed by atoms with van der Waals surface area (Å²) in [5, 5.41) is 3.53. The van der Waals surface area contributed by atoms with E-state index in [1.165, 1.54) is 12.8 Å². The minimum absolute atomic E-state index is 0.147. The molecule has 2 rings (SSSR count). The molecule has 1 saturated carbocycles. The van der Waals surface area contributed by atoms with E-state index < -0.39 is 5.60 Å². The monoisotopic (exact) mass is 423 g/mol. The quantitative estimate of drug-likeness (QED) is 0.350. The van der Waals surface area contributed by atoms with Crippen molar-refractivity contribution < 1.29 is 9.53 Å². The summed E-state index contributed by atoms with van der Waals surface area (Å²) in [6, 6.07) is 0.262. The predicted molar refractivity (Wildman–Crippen MR) is 124 cm³/mol. The molecule has 7 nitrogen and oxygen atoms in total. The zero-order valence-electron chi connectivity index (χ0n) is 20.2. The lowest BCUT2D eigenvalue weighted by molar-refractivity contribution is 0.00928. The van der Waals surface area contributed by atoms with Crippen LogP contribution in [-0.2, 0) is 4.74 Å². The van der Waals surface area contributed by atoms with Gasteiger partial charge in [0.25, 0.3) is 0 Å². The van der Waals surface area contributed by atoms with E-state index in [1.54, 1.807) is 0 Å². The number of carbonyl (C=O) groups is 1. The third kappa shape index (κ3) is 8.32. The zero-order valence-corrected chi connectivity index (χ0v) is 20.2. The van der Waals surface area contributed by atoms with Crippen LogP contribution in [0.5, 0.6) is 0 Å². The molecule has 0 aromatic carbocycles. The number of ether oxygens (including phenoxy) is 1. The fourth-order valence-corrected chi connectivity index (χ4v) is 4.04. The van der Waals surface area contributed by atoms with Gasteiger partial charge in [0.2, 0.25) is 0 Å². The highest BCUT2D eigenvalue weighted by molar-refractivity contribution is 5.80. The van der Waals surface area contributed by atoms with Gasteiger partial charge in [0.15, 0.2) is 5.96 Å². The van der Waals surface area contributed by atoms with E-state index in [0.717, 1.165) is 71.0 Å². The van der Waals surface area contributed by atoms with Crippen molar-refractivity contribution in [3.8, 4) is 0 Å². The first-order chi connectivity index (χ1) is 14.3. The average Bonchev–Trinajstić information content (AvgIpc) is 3.52. The van der Waals surface area contributed by atoms with E-state index >= 15 is 0 Å². The largest absolute Gasteiger partial charge is 0.444 e. The summed E-state index contributed by atoms with van der Waals surface area (Å²) in [6.45, 7) is 17.2. The van der Waals surface area contributed by atoms with Gasteiger partial charge in [0.1, 0.15) is 5.60 Å². The Morgan fingerprint density at radius 1 is 1.13 bits per heavy atom. The summed E-state index contributed by atoms with van der Waals surface area (Å²) in [5.41, 5.74) is -0.448. The van der Waals surface area contributed by atoms with Crippen molar-refractivity contribution in [3.05, 3.63) is 0 Å². The smallest absolute Gasteiger partial charge is 0.410 e. The Labute approximate surface area is 184 Å². The fraction of sp³-hybridized carbons (Fsp3) is 0.913. The molecule has 1 saturated heterocycles. The molecule has 0 spiro atoms. The predicted octanol–water partition coefficient (Wildman–Crippen LogP) is 3.41. The summed E-state index contributed by atoms with van der Waals surface area (Å²) in [6.07, 6.45) is 5.37. The number of guanidine groups is 1. The zero-order chi connectivity index (χ0) is 22.1. The first-order valence-electron chi connectivity index (χ1n) is 11.9. The Morgan fingerprint density at radius 2 is 1.77 bits per heavy atom. The SMILES string of the molecule is CCN(CC)CCCNC(=NC)N1CCC(N(CC2CC2)C(=O)OC(C)(C)C)CC1. The van der Waals surface area contributed by atoms with Crippen LogP contribution in [0.15, 0.2) is 4.99 Å². The average molecular weight is 424 g/mol. The van der Waals surface area contributed by atoms with Crippen LogP contribution in [0.4, 0.5) is 4.79 Å². The van der Waals surface area contributed by atoms with E-state index in [1.807, 2.05) is 32.7 Å². The first kappa shape index (κ1) is 24.8. The van der Waals surface area contributed by atoms with E-state index in [-0.39, 0.29) is 12.1 Å². The van der Waals surface area contributed by atoms with Crippen LogP contribution < -0.4 is 5.32 Å². The van der Waals surface area contributed by atoms with Gasteiger partial charge in [-0.25, -0.2) is 4.79 Å². The van der Waals surface area contributed by atoms with Crippen LogP contribution in [0.1, 0.15) is 66.7 Å². The van der Waals surface area contributed by atoms with E-state index in [9.17, 15) is 4.79 Å². The summed E-state index contributed by atoms with van der Waals surface area (Å²) < 4.78 is 5.71. The molecular formula is C23H45N5O2. The maximum absolute atomic E-state index is 12.8. The van der Waals surface area contributed by atoms with Gasteiger partial charge in [-0.15, -0.1) is 0 Å². The standard InChI is InChI=1S/C23H45N5O2/c1-7-26(8-2)15-9-14-25-21(24-6)27-16-12-20(13-17-27)28(18-19-10-11-19)22(29)30-23(3,4)5/h19-20H,7-18H2,1-6H3,(H,24,25). The van der Waals surface area contributed by atoms with Gasteiger partial charge in [-0.3, -0.25) is 4.99 Å². The van der Waals surface area contributed by atoms with Crippen LogP contribution in [0.25, 0.3) is 0 Å². The molecule has 174 valence electrons. The Hall–Kier alpha value is -1.50. The number of nitrogens with one attached hydrogen (secondary N) is 1. The Balaban J connectivity index is 1.82. The summed E-state index contributed by atoms with van der Waals surface area (Å²) >= 11 is 0. The molecule has 0 bridgehead atoms. The van der Waals surface area contributed by atoms with Crippen molar-refractivity contribution >= 4 is 12.1 Å². The molecule has 2 fully saturated rings. The number of hydrogen-bond donors (Lipinski definition) is 1. The molecule has 1 aliphatic heterocycles. The number of nitrogens with zero attached hydrogens (tertiary/aromatic N) is 4. The highest BCUT2D eigenvalue weighted by atomic mass is 16.6. The second-order valence-corrected chi connectivity index (χ2v) is 9.65. The van der Waals surface area contributed by atoms with E-state index in [2.05, 4.69) is 34.0 Å². The van der Waals surface area contributed by atoms with Gasteiger partial charge in [-0.1, -0.05) is 13.8 Å². The van der Waals surface area contributed by atoms with Crippen LogP contribution in [0, 0.1) is 5.92 Å². The maximum atomic E-state index is 12.8. The number of carbonyl (C=O) groups excluding carboxylic acids is 1. The molecule has 30 heavy (non-hydrogen) atoms. The Kier molecular flexibility index (Phi) is 9.72. The van der Waals surface area contributed by atoms with Crippen molar-refractivity contribution in [2.75, 3.05) is 52.9 Å². The topological polar surface area (TPSA) is 60.4 Å². The third-order valence-electron chi connectivity index (χ3n) is 6.03. The van der Waals surface area contributed by atoms with Gasteiger partial charge in [0.05, 0.1) is 0 Å². The van der Waals surface area contributed by atoms with Gasteiger partial charge in [-0.2, -0.15) is 0 Å². The second kappa shape index (κ2) is 11.8.